The van der Waals surface area contributed by atoms with Crippen LogP contribution in [0.5, 0.6) is 0 Å². The molecule has 1 unspecified atom stereocenters. The highest BCUT2D eigenvalue weighted by Crippen LogP contribution is 2.50. The Morgan fingerprint density at radius 2 is 1.12 bits per heavy atom. The van der Waals surface area contributed by atoms with Gasteiger partial charge < -0.3 is 38.8 Å². The second-order valence-corrected chi connectivity index (χ2v) is 8.20. The van der Waals surface area contributed by atoms with Crippen molar-refractivity contribution in [2.24, 2.45) is 0 Å². The van der Waals surface area contributed by atoms with Crippen molar-refractivity contribution >= 4 is 23.5 Å². The van der Waals surface area contributed by atoms with Crippen LogP contribution >= 0.6 is 23.5 Å². The molecule has 0 saturated carbocycles. The van der Waals surface area contributed by atoms with E-state index in [0.717, 1.165) is 7.11 Å². The van der Waals surface area contributed by atoms with Crippen LogP contribution in [0.4, 0.5) is 0 Å². The second-order valence-electron chi connectivity index (χ2n) is 4.63. The Hall–Kier alpha value is 0.250. The topological polar surface area (TPSA) is 219 Å². The molecule has 0 spiro atoms. The Morgan fingerprint density at radius 3 is 1.50 bits per heavy atom. The van der Waals surface area contributed by atoms with Crippen LogP contribution in [-0.2, 0) is 36.7 Å². The van der Waals surface area contributed by atoms with E-state index in [2.05, 4.69) is 13.6 Å². The van der Waals surface area contributed by atoms with Gasteiger partial charge >= 0.3 is 23.5 Å². The number of hydrogen-bond acceptors (Lipinski definition) is 8. The van der Waals surface area contributed by atoms with Gasteiger partial charge in [0.05, 0.1) is 6.10 Å². The van der Waals surface area contributed by atoms with Crippen molar-refractivity contribution in [3.05, 3.63) is 0 Å². The normalized spacial score (nSPS) is 32.8. The third kappa shape index (κ3) is 7.24. The van der Waals surface area contributed by atoms with E-state index in [1.165, 1.54) is 6.92 Å². The van der Waals surface area contributed by atoms with Crippen LogP contribution in [0, 0.1) is 0 Å². The van der Waals surface area contributed by atoms with Gasteiger partial charge in [-0.1, -0.05) is 0 Å². The molecule has 1 heterocycles. The van der Waals surface area contributed by atoms with Crippen LogP contribution in [0.25, 0.3) is 0 Å². The monoisotopic (exact) mass is 418 g/mol. The van der Waals surface area contributed by atoms with E-state index in [0.29, 0.717) is 0 Å². The van der Waals surface area contributed by atoms with Crippen LogP contribution in [0.2, 0.25) is 0 Å². The Balaban J connectivity index is 3.27. The highest BCUT2D eigenvalue weighted by Gasteiger charge is 2.53. The van der Waals surface area contributed by atoms with E-state index >= 15 is 0 Å². The molecule has 6 N–H and O–H groups in total. The van der Waals surface area contributed by atoms with E-state index < -0.39 is 54.2 Å². The van der Waals surface area contributed by atoms with Crippen molar-refractivity contribution in [1.29, 1.82) is 0 Å². The molecule has 1 aliphatic rings. The van der Waals surface area contributed by atoms with Gasteiger partial charge in [-0.3, -0.25) is 13.6 Å². The summed E-state index contributed by atoms with van der Waals surface area (Å²) in [5.41, 5.74) is 0. The molecule has 0 aromatic heterocycles. The molecule has 0 radical (unpaired) electrons. The minimum atomic E-state index is -5.28. The summed E-state index contributed by atoms with van der Waals surface area (Å²) in [7, 11) is -14.7. The first-order valence-electron chi connectivity index (χ1n) is 6.03. The molecule has 1 saturated heterocycles. The number of phosphoric ester groups is 3. The quantitative estimate of drug-likeness (QED) is 0.268. The molecule has 14 nitrogen and oxygen atoms in total. The van der Waals surface area contributed by atoms with Gasteiger partial charge in [-0.05, 0) is 6.92 Å². The van der Waals surface area contributed by atoms with Gasteiger partial charge in [0.1, 0.15) is 18.3 Å². The van der Waals surface area contributed by atoms with E-state index in [1.807, 2.05) is 0 Å². The minimum Gasteiger partial charge on any atom is -0.353 e. The SMILES string of the molecule is COC1O[C@H](C)[C@@H](OP(=O)(O)O)[C@H](OP(=O)(O)O)[C@@H]1OP(=O)(O)O. The van der Waals surface area contributed by atoms with Crippen molar-refractivity contribution in [1.82, 2.24) is 0 Å². The fourth-order valence-corrected chi connectivity index (χ4v) is 3.72. The van der Waals surface area contributed by atoms with Crippen molar-refractivity contribution in [2.45, 2.75) is 37.6 Å². The summed E-state index contributed by atoms with van der Waals surface area (Å²) in [5, 5.41) is 0. The molecule has 1 rings (SSSR count). The van der Waals surface area contributed by atoms with Crippen LogP contribution < -0.4 is 0 Å². The lowest BCUT2D eigenvalue weighted by Crippen LogP contribution is -2.59. The van der Waals surface area contributed by atoms with E-state index in [9.17, 15) is 13.7 Å². The van der Waals surface area contributed by atoms with Crippen LogP contribution in [0.3, 0.4) is 0 Å². The molecular formula is C7H17O14P3. The zero-order chi connectivity index (χ0) is 18.9. The van der Waals surface area contributed by atoms with Gasteiger partial charge in [-0.15, -0.1) is 0 Å². The van der Waals surface area contributed by atoms with Crippen LogP contribution in [0.1, 0.15) is 6.92 Å². The van der Waals surface area contributed by atoms with Crippen molar-refractivity contribution in [3.63, 3.8) is 0 Å². The minimum absolute atomic E-state index is 1.03. The lowest BCUT2D eigenvalue weighted by molar-refractivity contribution is -0.276. The van der Waals surface area contributed by atoms with E-state index in [1.54, 1.807) is 0 Å². The maximum absolute atomic E-state index is 11.1. The zero-order valence-corrected chi connectivity index (χ0v) is 14.9. The average molecular weight is 418 g/mol. The van der Waals surface area contributed by atoms with Crippen molar-refractivity contribution < 1.29 is 66.1 Å². The Bertz CT molecular complexity index is 561. The highest BCUT2D eigenvalue weighted by atomic mass is 31.2. The van der Waals surface area contributed by atoms with Gasteiger partial charge in [-0.2, -0.15) is 0 Å². The van der Waals surface area contributed by atoms with Crippen LogP contribution in [0.15, 0.2) is 0 Å². The second kappa shape index (κ2) is 7.87. The summed E-state index contributed by atoms with van der Waals surface area (Å²) < 4.78 is 56.2. The van der Waals surface area contributed by atoms with Gasteiger partial charge in [0.2, 0.25) is 0 Å². The van der Waals surface area contributed by atoms with Gasteiger partial charge in [0.15, 0.2) is 6.29 Å². The molecule has 24 heavy (non-hydrogen) atoms. The number of methoxy groups -OCH3 is 1. The highest BCUT2D eigenvalue weighted by molar-refractivity contribution is 7.47. The fraction of sp³-hybridized carbons (Fsp3) is 1.00. The van der Waals surface area contributed by atoms with E-state index in [4.69, 9.17) is 38.8 Å². The molecule has 1 aliphatic heterocycles. The van der Waals surface area contributed by atoms with Gasteiger partial charge in [0, 0.05) is 7.11 Å². The maximum Gasteiger partial charge on any atom is 0.470 e. The molecule has 0 amide bonds. The lowest BCUT2D eigenvalue weighted by atomic mass is 10.0. The molecule has 17 heteroatoms. The first kappa shape index (κ1) is 22.3. The number of rotatable bonds is 7. The third-order valence-electron chi connectivity index (χ3n) is 2.74. The lowest BCUT2D eigenvalue weighted by Gasteiger charge is -2.43. The third-order valence-corrected chi connectivity index (χ3v) is 4.29. The summed E-state index contributed by atoms with van der Waals surface area (Å²) in [6, 6.07) is 0. The molecule has 5 atom stereocenters. The Kier molecular flexibility index (Phi) is 7.31. The first-order chi connectivity index (χ1) is 10.6. The molecule has 144 valence electrons. The summed E-state index contributed by atoms with van der Waals surface area (Å²) in [6.07, 6.45) is -8.70. The maximum atomic E-state index is 11.1. The number of phosphoric acid groups is 3. The Morgan fingerprint density at radius 1 is 0.750 bits per heavy atom. The van der Waals surface area contributed by atoms with Gasteiger partial charge in [-0.25, -0.2) is 13.7 Å². The standard InChI is InChI=1S/C7H17O14P3/c1-3-4(19-22(8,9)10)5(20-23(11,12)13)6(7(17-2)18-3)21-24(14,15)16/h3-7H,1-2H3,(H2,8,9,10)(H2,11,12,13)(H2,14,15,16)/t3-,4-,5+,6+,7?/m1/s1. The zero-order valence-electron chi connectivity index (χ0n) is 12.2. The van der Waals surface area contributed by atoms with Crippen LogP contribution in [-0.4, -0.2) is 67.2 Å². The smallest absolute Gasteiger partial charge is 0.353 e. The predicted octanol–water partition coefficient (Wildman–Crippen LogP) is -1.19. The molecule has 0 aromatic rings. The van der Waals surface area contributed by atoms with Crippen molar-refractivity contribution in [2.75, 3.05) is 7.11 Å². The molecule has 1 fully saturated rings. The van der Waals surface area contributed by atoms with Crippen molar-refractivity contribution in [3.8, 4) is 0 Å². The van der Waals surface area contributed by atoms with E-state index in [-0.39, 0.29) is 0 Å². The number of hydrogen-bond donors (Lipinski definition) is 6. The number of ether oxygens (including phenoxy) is 2. The average Bonchev–Trinajstić information content (AvgIpc) is 2.32. The first-order valence-corrected chi connectivity index (χ1v) is 10.6. The summed E-state index contributed by atoms with van der Waals surface area (Å²) in [4.78, 5) is 53.6. The molecule has 0 aromatic carbocycles. The summed E-state index contributed by atoms with van der Waals surface area (Å²) in [5.74, 6) is 0. The molecular weight excluding hydrogens is 401 g/mol. The molecule has 0 aliphatic carbocycles. The predicted molar refractivity (Wildman–Crippen MR) is 72.1 cm³/mol. The molecule has 0 bridgehead atoms. The van der Waals surface area contributed by atoms with Gasteiger partial charge in [0.25, 0.3) is 0 Å². The fourth-order valence-electron chi connectivity index (χ4n) is 2.02. The summed E-state index contributed by atoms with van der Waals surface area (Å²) >= 11 is 0. The summed E-state index contributed by atoms with van der Waals surface area (Å²) in [6.45, 7) is 1.20. The Labute approximate surface area is 135 Å². The largest absolute Gasteiger partial charge is 0.470 e.